The van der Waals surface area contributed by atoms with Crippen LogP contribution in [0.15, 0.2) is 66.7 Å². The lowest BCUT2D eigenvalue weighted by molar-refractivity contribution is 0.0948. The summed E-state index contributed by atoms with van der Waals surface area (Å²) in [5.74, 6) is 0.252. The molecule has 3 aromatic carbocycles. The van der Waals surface area contributed by atoms with Crippen LogP contribution in [0, 0.1) is 0 Å². The average molecular weight is 388 g/mol. The molecule has 0 aliphatic rings. The summed E-state index contributed by atoms with van der Waals surface area (Å²) in [6.45, 7) is 8.63. The monoisotopic (exact) mass is 387 g/mol. The predicted octanol–water partition coefficient (Wildman–Crippen LogP) is 6.24. The van der Waals surface area contributed by atoms with Crippen LogP contribution < -0.4 is 5.32 Å². The van der Waals surface area contributed by atoms with Crippen molar-refractivity contribution < 1.29 is 9.90 Å². The van der Waals surface area contributed by atoms with E-state index in [4.69, 9.17) is 0 Å². The zero-order valence-electron chi connectivity index (χ0n) is 17.6. The number of phenols is 1. The van der Waals surface area contributed by atoms with Gasteiger partial charge in [0.25, 0.3) is 5.91 Å². The number of hydrogen-bond acceptors (Lipinski definition) is 2. The van der Waals surface area contributed by atoms with Crippen molar-refractivity contribution in [3.63, 3.8) is 0 Å². The Labute approximate surface area is 173 Å². The van der Waals surface area contributed by atoms with E-state index in [0.717, 1.165) is 27.8 Å². The fraction of sp³-hybridized carbons (Fsp3) is 0.269. The van der Waals surface area contributed by atoms with E-state index >= 15 is 0 Å². The molecule has 3 nitrogen and oxygen atoms in total. The number of benzene rings is 3. The van der Waals surface area contributed by atoms with Crippen LogP contribution in [-0.4, -0.2) is 11.0 Å². The minimum atomic E-state index is -0.253. The highest BCUT2D eigenvalue weighted by Crippen LogP contribution is 2.33. The lowest BCUT2D eigenvalue weighted by Crippen LogP contribution is -2.23. The standard InChI is InChI=1S/C26H29NO2/c1-17(2)22-14-23(18(3)4)25(28)24(15-22)26(29)27-16-19-9-8-12-21(13-19)20-10-6-5-7-11-20/h5-15,17-18,28H,16H2,1-4H3,(H,27,29). The first-order valence-corrected chi connectivity index (χ1v) is 10.2. The average Bonchev–Trinajstić information content (AvgIpc) is 2.72. The van der Waals surface area contributed by atoms with Gasteiger partial charge in [0.1, 0.15) is 5.75 Å². The number of hydrogen-bond donors (Lipinski definition) is 2. The van der Waals surface area contributed by atoms with Gasteiger partial charge in [-0.25, -0.2) is 0 Å². The van der Waals surface area contributed by atoms with Crippen molar-refractivity contribution in [3.8, 4) is 16.9 Å². The molecule has 1 amide bonds. The molecule has 0 atom stereocenters. The van der Waals surface area contributed by atoms with Crippen molar-refractivity contribution in [3.05, 3.63) is 89.0 Å². The molecule has 29 heavy (non-hydrogen) atoms. The molecule has 0 aliphatic heterocycles. The van der Waals surface area contributed by atoms with Gasteiger partial charge in [0.05, 0.1) is 5.56 Å². The van der Waals surface area contributed by atoms with Crippen molar-refractivity contribution >= 4 is 5.91 Å². The summed E-state index contributed by atoms with van der Waals surface area (Å²) in [4.78, 5) is 12.9. The molecule has 0 saturated carbocycles. The third-order valence-corrected chi connectivity index (χ3v) is 5.18. The molecule has 0 fully saturated rings. The Morgan fingerprint density at radius 3 is 2.21 bits per heavy atom. The number of amides is 1. The van der Waals surface area contributed by atoms with Crippen molar-refractivity contribution in [2.75, 3.05) is 0 Å². The van der Waals surface area contributed by atoms with Gasteiger partial charge in [-0.15, -0.1) is 0 Å². The van der Waals surface area contributed by atoms with Crippen LogP contribution in [-0.2, 0) is 6.54 Å². The van der Waals surface area contributed by atoms with Gasteiger partial charge >= 0.3 is 0 Å². The topological polar surface area (TPSA) is 49.3 Å². The molecule has 0 aromatic heterocycles. The predicted molar refractivity (Wildman–Crippen MR) is 119 cm³/mol. The van der Waals surface area contributed by atoms with Crippen molar-refractivity contribution in [2.45, 2.75) is 46.1 Å². The third kappa shape index (κ3) is 4.86. The van der Waals surface area contributed by atoms with E-state index in [1.165, 1.54) is 0 Å². The Morgan fingerprint density at radius 2 is 1.55 bits per heavy atom. The molecule has 0 heterocycles. The fourth-order valence-electron chi connectivity index (χ4n) is 3.40. The van der Waals surface area contributed by atoms with Crippen LogP contribution in [0.3, 0.4) is 0 Å². The number of carbonyl (C=O) groups excluding carboxylic acids is 1. The van der Waals surface area contributed by atoms with Crippen molar-refractivity contribution in [2.24, 2.45) is 0 Å². The number of carbonyl (C=O) groups is 1. The van der Waals surface area contributed by atoms with Gasteiger partial charge in [-0.3, -0.25) is 4.79 Å². The molecule has 3 heteroatoms. The molecule has 0 spiro atoms. The number of rotatable bonds is 6. The second-order valence-electron chi connectivity index (χ2n) is 8.06. The molecule has 2 N–H and O–H groups in total. The summed E-state index contributed by atoms with van der Waals surface area (Å²) in [5, 5.41) is 13.6. The first-order chi connectivity index (χ1) is 13.9. The normalized spacial score (nSPS) is 11.1. The number of nitrogens with one attached hydrogen (secondary N) is 1. The quantitative estimate of drug-likeness (QED) is 0.526. The molecule has 0 radical (unpaired) electrons. The van der Waals surface area contributed by atoms with E-state index in [-0.39, 0.29) is 23.5 Å². The Bertz CT molecular complexity index is 991. The molecule has 0 saturated heterocycles. The van der Waals surface area contributed by atoms with Gasteiger partial charge in [0.15, 0.2) is 0 Å². The number of phenolic OH excluding ortho intramolecular Hbond substituents is 1. The molecule has 3 aromatic rings. The van der Waals surface area contributed by atoms with E-state index in [9.17, 15) is 9.90 Å². The van der Waals surface area contributed by atoms with Crippen LogP contribution in [0.25, 0.3) is 11.1 Å². The maximum atomic E-state index is 12.9. The Hall–Kier alpha value is -3.07. The van der Waals surface area contributed by atoms with Crippen LogP contribution in [0.4, 0.5) is 0 Å². The maximum Gasteiger partial charge on any atom is 0.255 e. The highest BCUT2D eigenvalue weighted by atomic mass is 16.3. The van der Waals surface area contributed by atoms with Gasteiger partial charge in [-0.2, -0.15) is 0 Å². The molecule has 0 aliphatic carbocycles. The van der Waals surface area contributed by atoms with Gasteiger partial charge in [0, 0.05) is 6.54 Å². The molecular formula is C26H29NO2. The second-order valence-corrected chi connectivity index (χ2v) is 8.06. The van der Waals surface area contributed by atoms with E-state index in [1.54, 1.807) is 0 Å². The van der Waals surface area contributed by atoms with E-state index in [2.05, 4.69) is 43.4 Å². The largest absolute Gasteiger partial charge is 0.507 e. The van der Waals surface area contributed by atoms with Gasteiger partial charge in [-0.1, -0.05) is 82.3 Å². The summed E-state index contributed by atoms with van der Waals surface area (Å²) in [6.07, 6.45) is 0. The highest BCUT2D eigenvalue weighted by Gasteiger charge is 2.19. The maximum absolute atomic E-state index is 12.9. The Balaban J connectivity index is 1.81. The summed E-state index contributed by atoms with van der Waals surface area (Å²) in [7, 11) is 0. The molecular weight excluding hydrogens is 358 g/mol. The third-order valence-electron chi connectivity index (χ3n) is 5.18. The van der Waals surface area contributed by atoms with Crippen molar-refractivity contribution in [1.29, 1.82) is 0 Å². The first-order valence-electron chi connectivity index (χ1n) is 10.2. The molecule has 3 rings (SSSR count). The van der Waals surface area contributed by atoms with Crippen LogP contribution >= 0.6 is 0 Å². The smallest absolute Gasteiger partial charge is 0.255 e. The molecule has 150 valence electrons. The SMILES string of the molecule is CC(C)c1cc(C(=O)NCc2cccc(-c3ccccc3)c2)c(O)c(C(C)C)c1. The summed E-state index contributed by atoms with van der Waals surface area (Å²) < 4.78 is 0. The highest BCUT2D eigenvalue weighted by molar-refractivity contribution is 5.97. The first kappa shape index (κ1) is 20.7. The lowest BCUT2D eigenvalue weighted by atomic mass is 9.91. The second kappa shape index (κ2) is 8.95. The van der Waals surface area contributed by atoms with E-state index in [0.29, 0.717) is 12.1 Å². The van der Waals surface area contributed by atoms with E-state index in [1.807, 2.05) is 56.3 Å². The van der Waals surface area contributed by atoms with Gasteiger partial charge < -0.3 is 10.4 Å². The minimum absolute atomic E-state index is 0.0833. The van der Waals surface area contributed by atoms with Crippen LogP contribution in [0.2, 0.25) is 0 Å². The summed E-state index contributed by atoms with van der Waals surface area (Å²) in [6, 6.07) is 22.1. The van der Waals surface area contributed by atoms with Crippen LogP contribution in [0.1, 0.15) is 66.6 Å². The molecule has 0 unspecified atom stereocenters. The van der Waals surface area contributed by atoms with Crippen LogP contribution in [0.5, 0.6) is 5.75 Å². The zero-order valence-corrected chi connectivity index (χ0v) is 17.6. The van der Waals surface area contributed by atoms with E-state index < -0.39 is 0 Å². The fourth-order valence-corrected chi connectivity index (χ4v) is 3.40. The lowest BCUT2D eigenvalue weighted by Gasteiger charge is -2.17. The number of aromatic hydroxyl groups is 1. The minimum Gasteiger partial charge on any atom is -0.507 e. The van der Waals surface area contributed by atoms with Gasteiger partial charge in [-0.05, 0) is 51.8 Å². The van der Waals surface area contributed by atoms with Crippen molar-refractivity contribution in [1.82, 2.24) is 5.32 Å². The summed E-state index contributed by atoms with van der Waals surface area (Å²) >= 11 is 0. The molecule has 0 bridgehead atoms. The van der Waals surface area contributed by atoms with Gasteiger partial charge in [0.2, 0.25) is 0 Å². The Kier molecular flexibility index (Phi) is 6.38. The zero-order chi connectivity index (χ0) is 21.0. The summed E-state index contributed by atoms with van der Waals surface area (Å²) in [5.41, 5.74) is 5.49. The Morgan fingerprint density at radius 1 is 0.862 bits per heavy atom.